The summed E-state index contributed by atoms with van der Waals surface area (Å²) in [6, 6.07) is 0. The smallest absolute Gasteiger partial charge is 0.302 e. The maximum atomic E-state index is 14.1. The Labute approximate surface area is 292 Å². The largest absolute Gasteiger partial charge is 0.462 e. The van der Waals surface area contributed by atoms with Crippen LogP contribution in [0.3, 0.4) is 0 Å². The van der Waals surface area contributed by atoms with E-state index in [1.165, 1.54) is 5.57 Å². The molecule has 0 saturated heterocycles. The van der Waals surface area contributed by atoms with Gasteiger partial charge in [0.2, 0.25) is 0 Å². The molecular weight excluding hydrogens is 622 g/mol. The fourth-order valence-corrected chi connectivity index (χ4v) is 13.2. The molecule has 9 unspecified atom stereocenters. The summed E-state index contributed by atoms with van der Waals surface area (Å²) in [5, 5.41) is 16.5. The van der Waals surface area contributed by atoms with E-state index in [2.05, 4.69) is 63.8 Å². The number of aliphatic hydroxyl groups is 1. The third-order valence-electron chi connectivity index (χ3n) is 15.8. The van der Waals surface area contributed by atoms with Crippen molar-refractivity contribution in [2.45, 2.75) is 144 Å². The van der Waals surface area contributed by atoms with Crippen LogP contribution < -0.4 is 5.32 Å². The molecule has 0 radical (unpaired) electrons. The number of ether oxygens (including phenoxy) is 1. The van der Waals surface area contributed by atoms with Crippen molar-refractivity contribution in [3.8, 4) is 0 Å². The van der Waals surface area contributed by atoms with Crippen LogP contribution in [0.15, 0.2) is 23.5 Å². The first-order valence-electron chi connectivity index (χ1n) is 18.8. The Bertz CT molecular complexity index is 1520. The molecule has 5 fully saturated rings. The van der Waals surface area contributed by atoms with Crippen molar-refractivity contribution in [3.63, 3.8) is 0 Å². The van der Waals surface area contributed by atoms with Crippen LogP contribution in [0.2, 0.25) is 5.02 Å². The van der Waals surface area contributed by atoms with Crippen molar-refractivity contribution >= 4 is 23.4 Å². The van der Waals surface area contributed by atoms with Crippen molar-refractivity contribution in [1.29, 1.82) is 0 Å². The number of Topliss-reactive ketones (excluding diaryl/α,β-unsaturated/α-hetero) is 1. The van der Waals surface area contributed by atoms with Crippen molar-refractivity contribution in [2.75, 3.05) is 6.54 Å². The Morgan fingerprint density at radius 2 is 1.65 bits per heavy atom. The number of rotatable bonds is 7. The lowest BCUT2D eigenvalue weighted by Crippen LogP contribution is -2.66. The molecule has 7 rings (SSSR count). The summed E-state index contributed by atoms with van der Waals surface area (Å²) < 4.78 is 5.95. The molecule has 0 amide bonds. The fourth-order valence-electron chi connectivity index (χ4n) is 13.1. The molecule has 264 valence electrons. The van der Waals surface area contributed by atoms with E-state index in [4.69, 9.17) is 16.3 Å². The first-order valence-corrected chi connectivity index (χ1v) is 19.2. The number of hydrogen-bond donors (Lipinski definition) is 2. The molecule has 0 aliphatic heterocycles. The van der Waals surface area contributed by atoms with Crippen molar-refractivity contribution in [3.05, 3.63) is 34.4 Å². The average Bonchev–Trinajstić information content (AvgIpc) is 3.73. The van der Waals surface area contributed by atoms with Gasteiger partial charge in [-0.3, -0.25) is 9.59 Å². The molecule has 0 aromatic carbocycles. The standard InChI is InChI=1S/C40H58ClN3O4/c1-23(2)32-27(46)19-39(30(47)22-44-40(17-18-40)34-42-20-25(41)21-43-34)16-15-37(7)26(33(32)39)9-10-29-36(6)13-12-31(48-24(3)45)35(4,5)28(36)11-14-38(29,37)8/h20-21,23,26,28-31,44,47H,9-19,22H2,1-8H3. The lowest BCUT2D eigenvalue weighted by Gasteiger charge is -2.72. The highest BCUT2D eigenvalue weighted by Gasteiger charge is 2.71. The van der Waals surface area contributed by atoms with Gasteiger partial charge in [0.1, 0.15) is 11.9 Å². The molecule has 5 saturated carbocycles. The van der Waals surface area contributed by atoms with E-state index < -0.39 is 11.5 Å². The van der Waals surface area contributed by atoms with Gasteiger partial charge in [0.05, 0.1) is 16.7 Å². The number of nitrogens with one attached hydrogen (secondary N) is 1. The van der Waals surface area contributed by atoms with E-state index in [9.17, 15) is 14.7 Å². The Hall–Kier alpha value is -1.83. The summed E-state index contributed by atoms with van der Waals surface area (Å²) in [5.74, 6) is 2.29. The summed E-state index contributed by atoms with van der Waals surface area (Å²) >= 11 is 6.08. The fraction of sp³-hybridized carbons (Fsp3) is 0.800. The van der Waals surface area contributed by atoms with Gasteiger partial charge in [-0.15, -0.1) is 0 Å². The second-order valence-electron chi connectivity index (χ2n) is 18.5. The summed E-state index contributed by atoms with van der Waals surface area (Å²) in [4.78, 5) is 35.1. The second kappa shape index (κ2) is 11.3. The first-order chi connectivity index (χ1) is 22.5. The number of carbonyl (C=O) groups excluding carboxylic acids is 2. The molecular formula is C40H58ClN3O4. The van der Waals surface area contributed by atoms with Gasteiger partial charge in [-0.25, -0.2) is 9.97 Å². The third kappa shape index (κ3) is 4.78. The number of halogens is 1. The van der Waals surface area contributed by atoms with Crippen LogP contribution >= 0.6 is 11.6 Å². The quantitative estimate of drug-likeness (QED) is 0.282. The summed E-state index contributed by atoms with van der Waals surface area (Å²) in [7, 11) is 0. The van der Waals surface area contributed by atoms with E-state index in [1.54, 1.807) is 19.3 Å². The molecule has 0 spiro atoms. The number of carbonyl (C=O) groups is 2. The Kier molecular flexibility index (Phi) is 8.17. The van der Waals surface area contributed by atoms with Gasteiger partial charge in [-0.1, -0.05) is 65.6 Å². The summed E-state index contributed by atoms with van der Waals surface area (Å²) in [5.41, 5.74) is 1.71. The van der Waals surface area contributed by atoms with Crippen LogP contribution in [0, 0.1) is 50.7 Å². The number of hydrogen-bond acceptors (Lipinski definition) is 7. The van der Waals surface area contributed by atoms with Crippen LogP contribution in [0.5, 0.6) is 0 Å². The molecule has 6 aliphatic carbocycles. The molecule has 2 N–H and O–H groups in total. The van der Waals surface area contributed by atoms with Crippen LogP contribution in [0.25, 0.3) is 0 Å². The molecule has 1 aromatic rings. The van der Waals surface area contributed by atoms with Gasteiger partial charge in [0.15, 0.2) is 5.78 Å². The first kappa shape index (κ1) is 34.6. The monoisotopic (exact) mass is 679 g/mol. The normalized spacial score (nSPS) is 41.6. The molecule has 48 heavy (non-hydrogen) atoms. The SMILES string of the molecule is CC(=O)OC1CCC2(C)C(CCC3(C)C2CCC2C4=C(C(C)C)C(=O)CC4(C(O)CNC4(c5ncc(Cl)cn5)CC4)CCC23C)C1(C)C. The minimum absolute atomic E-state index is 0.0287. The van der Waals surface area contributed by atoms with Crippen molar-refractivity contribution in [1.82, 2.24) is 15.3 Å². The highest BCUT2D eigenvalue weighted by atomic mass is 35.5. The Balaban J connectivity index is 1.20. The molecule has 1 aromatic heterocycles. The van der Waals surface area contributed by atoms with Crippen LogP contribution in [-0.4, -0.2) is 45.6 Å². The minimum Gasteiger partial charge on any atom is -0.462 e. The van der Waals surface area contributed by atoms with Gasteiger partial charge in [0.25, 0.3) is 0 Å². The zero-order valence-electron chi connectivity index (χ0n) is 30.5. The van der Waals surface area contributed by atoms with Crippen molar-refractivity contribution in [2.24, 2.45) is 50.7 Å². The van der Waals surface area contributed by atoms with E-state index in [-0.39, 0.29) is 56.9 Å². The number of ketones is 1. The van der Waals surface area contributed by atoms with Crippen LogP contribution in [0.4, 0.5) is 0 Å². The Morgan fingerprint density at radius 3 is 2.27 bits per heavy atom. The lowest BCUT2D eigenvalue weighted by atomic mass is 9.33. The molecule has 0 bridgehead atoms. The van der Waals surface area contributed by atoms with Gasteiger partial charge < -0.3 is 15.2 Å². The molecule has 6 aliphatic rings. The van der Waals surface area contributed by atoms with E-state index in [1.807, 2.05) is 0 Å². The zero-order valence-corrected chi connectivity index (χ0v) is 31.3. The van der Waals surface area contributed by atoms with Gasteiger partial charge in [-0.05, 0) is 110 Å². The number of nitrogens with zero attached hydrogens (tertiary/aromatic N) is 2. The number of aromatic nitrogens is 2. The van der Waals surface area contributed by atoms with E-state index >= 15 is 0 Å². The zero-order chi connectivity index (χ0) is 34.7. The van der Waals surface area contributed by atoms with Crippen molar-refractivity contribution < 1.29 is 19.4 Å². The van der Waals surface area contributed by atoms with E-state index in [0.29, 0.717) is 29.8 Å². The predicted octanol–water partition coefficient (Wildman–Crippen LogP) is 7.98. The third-order valence-corrected chi connectivity index (χ3v) is 16.0. The van der Waals surface area contributed by atoms with Crippen LogP contribution in [0.1, 0.15) is 132 Å². The number of fused-ring (bicyclic) bond motifs is 7. The second-order valence-corrected chi connectivity index (χ2v) is 19.0. The molecule has 8 heteroatoms. The average molecular weight is 680 g/mol. The lowest BCUT2D eigenvalue weighted by molar-refractivity contribution is -0.234. The number of esters is 1. The van der Waals surface area contributed by atoms with Gasteiger partial charge >= 0.3 is 5.97 Å². The van der Waals surface area contributed by atoms with Gasteiger partial charge in [-0.2, -0.15) is 0 Å². The topological polar surface area (TPSA) is 101 Å². The van der Waals surface area contributed by atoms with E-state index in [0.717, 1.165) is 75.6 Å². The van der Waals surface area contributed by atoms with Gasteiger partial charge in [0, 0.05) is 43.1 Å². The highest BCUT2D eigenvalue weighted by Crippen LogP contribution is 2.77. The number of aliphatic hydroxyl groups excluding tert-OH is 1. The predicted molar refractivity (Wildman–Crippen MR) is 187 cm³/mol. The molecule has 7 nitrogen and oxygen atoms in total. The summed E-state index contributed by atoms with van der Waals surface area (Å²) in [6.07, 6.45) is 13.2. The summed E-state index contributed by atoms with van der Waals surface area (Å²) in [6.45, 7) is 18.7. The minimum atomic E-state index is -0.668. The number of allylic oxidation sites excluding steroid dienone is 1. The Morgan fingerprint density at radius 1 is 0.958 bits per heavy atom. The maximum Gasteiger partial charge on any atom is 0.302 e. The molecule has 1 heterocycles. The maximum absolute atomic E-state index is 14.1. The highest BCUT2D eigenvalue weighted by molar-refractivity contribution is 6.30. The molecule has 9 atom stereocenters. The van der Waals surface area contributed by atoms with Crippen LogP contribution in [-0.2, 0) is 19.9 Å².